The van der Waals surface area contributed by atoms with Crippen molar-refractivity contribution >= 4 is 17.5 Å². The topological polar surface area (TPSA) is 90.5 Å². The zero-order valence-electron chi connectivity index (χ0n) is 18.7. The van der Waals surface area contributed by atoms with E-state index in [2.05, 4.69) is 25.5 Å². The zero-order valence-corrected chi connectivity index (χ0v) is 18.7. The summed E-state index contributed by atoms with van der Waals surface area (Å²) in [6.07, 6.45) is 6.74. The lowest BCUT2D eigenvalue weighted by Crippen LogP contribution is -2.51. The van der Waals surface area contributed by atoms with E-state index in [1.54, 1.807) is 43.0 Å². The molecule has 34 heavy (non-hydrogen) atoms. The highest BCUT2D eigenvalue weighted by Gasteiger charge is 2.27. The van der Waals surface area contributed by atoms with Crippen LogP contribution in [0, 0.1) is 5.82 Å². The third-order valence-electron chi connectivity index (χ3n) is 5.86. The number of carbonyl (C=O) groups is 2. The van der Waals surface area contributed by atoms with Crippen LogP contribution in [0.5, 0.6) is 0 Å². The number of benzene rings is 1. The number of rotatable bonds is 7. The molecule has 8 nitrogen and oxygen atoms in total. The van der Waals surface area contributed by atoms with Crippen molar-refractivity contribution in [3.8, 4) is 0 Å². The molecular weight excluding hydrogens is 435 g/mol. The van der Waals surface area contributed by atoms with Crippen molar-refractivity contribution in [3.05, 3.63) is 90.3 Å². The highest BCUT2D eigenvalue weighted by Crippen LogP contribution is 2.25. The van der Waals surface area contributed by atoms with Gasteiger partial charge in [0.15, 0.2) is 0 Å². The Kier molecular flexibility index (Phi) is 7.77. The van der Waals surface area contributed by atoms with Crippen LogP contribution in [0.4, 0.5) is 10.1 Å². The Labute approximate surface area is 197 Å². The maximum atomic E-state index is 14.2. The monoisotopic (exact) mass is 462 g/mol. The predicted octanol–water partition coefficient (Wildman–Crippen LogP) is 1.91. The number of carbonyl (C=O) groups excluding carboxylic acids is 2. The van der Waals surface area contributed by atoms with Gasteiger partial charge in [-0.2, -0.15) is 0 Å². The first-order valence-electron chi connectivity index (χ1n) is 11.2. The van der Waals surface area contributed by atoms with Crippen molar-refractivity contribution in [2.45, 2.75) is 12.6 Å². The predicted molar refractivity (Wildman–Crippen MR) is 126 cm³/mol. The molecule has 0 spiro atoms. The first-order valence-corrected chi connectivity index (χ1v) is 11.2. The molecule has 0 saturated carbocycles. The summed E-state index contributed by atoms with van der Waals surface area (Å²) in [7, 11) is 0. The zero-order chi connectivity index (χ0) is 23.8. The van der Waals surface area contributed by atoms with Crippen LogP contribution in [0.25, 0.3) is 0 Å². The van der Waals surface area contributed by atoms with Crippen molar-refractivity contribution in [1.29, 1.82) is 0 Å². The maximum absolute atomic E-state index is 14.2. The van der Waals surface area contributed by atoms with Crippen molar-refractivity contribution in [3.63, 3.8) is 0 Å². The van der Waals surface area contributed by atoms with Gasteiger partial charge >= 0.3 is 11.8 Å². The molecule has 3 aromatic rings. The smallest absolute Gasteiger partial charge is 0.309 e. The number of hydrogen-bond acceptors (Lipinski definition) is 6. The Bertz CT molecular complexity index is 1090. The summed E-state index contributed by atoms with van der Waals surface area (Å²) in [5.41, 5.74) is 2.35. The number of pyridine rings is 2. The molecule has 2 amide bonds. The van der Waals surface area contributed by atoms with Crippen LogP contribution in [0.15, 0.2) is 73.3 Å². The lowest BCUT2D eigenvalue weighted by Gasteiger charge is -2.40. The first kappa shape index (κ1) is 23.3. The van der Waals surface area contributed by atoms with Crippen LogP contribution in [0.2, 0.25) is 0 Å². The van der Waals surface area contributed by atoms with Gasteiger partial charge < -0.3 is 15.5 Å². The van der Waals surface area contributed by atoms with E-state index in [4.69, 9.17) is 0 Å². The molecule has 0 bridgehead atoms. The molecule has 2 N–H and O–H groups in total. The first-order chi connectivity index (χ1) is 16.6. The lowest BCUT2D eigenvalue weighted by molar-refractivity contribution is -0.139. The molecule has 0 unspecified atom stereocenters. The Morgan fingerprint density at radius 2 is 1.59 bits per heavy atom. The minimum Gasteiger partial charge on any atom is -0.367 e. The van der Waals surface area contributed by atoms with Crippen molar-refractivity contribution in [2.24, 2.45) is 0 Å². The van der Waals surface area contributed by atoms with Crippen molar-refractivity contribution in [1.82, 2.24) is 25.5 Å². The molecule has 4 rings (SSSR count). The van der Waals surface area contributed by atoms with Gasteiger partial charge in [-0.15, -0.1) is 0 Å². The lowest BCUT2D eigenvalue weighted by atomic mass is 10.1. The average Bonchev–Trinajstić information content (AvgIpc) is 2.89. The molecule has 2 aromatic heterocycles. The average molecular weight is 463 g/mol. The van der Waals surface area contributed by atoms with E-state index in [9.17, 15) is 14.0 Å². The van der Waals surface area contributed by atoms with Gasteiger partial charge in [-0.3, -0.25) is 24.5 Å². The van der Waals surface area contributed by atoms with Crippen molar-refractivity contribution < 1.29 is 14.0 Å². The molecular formula is C25H27FN6O2. The molecule has 1 aliphatic rings. The molecule has 0 radical (unpaired) electrons. The molecule has 1 fully saturated rings. The molecule has 1 aliphatic heterocycles. The molecule has 9 heteroatoms. The number of amides is 2. The van der Waals surface area contributed by atoms with Gasteiger partial charge in [0.25, 0.3) is 0 Å². The Balaban J connectivity index is 1.36. The second-order valence-corrected chi connectivity index (χ2v) is 8.03. The third kappa shape index (κ3) is 5.93. The van der Waals surface area contributed by atoms with Crippen molar-refractivity contribution in [2.75, 3.05) is 37.6 Å². The molecule has 1 aromatic carbocycles. The second-order valence-electron chi connectivity index (χ2n) is 8.03. The van der Waals surface area contributed by atoms with E-state index in [-0.39, 0.29) is 24.9 Å². The van der Waals surface area contributed by atoms with Gasteiger partial charge in [-0.05, 0) is 35.4 Å². The molecule has 0 aliphatic carbocycles. The normalized spacial score (nSPS) is 14.9. The number of anilines is 1. The van der Waals surface area contributed by atoms with Gasteiger partial charge in [-0.1, -0.05) is 24.3 Å². The van der Waals surface area contributed by atoms with Crippen LogP contribution in [-0.4, -0.2) is 59.4 Å². The minimum atomic E-state index is -0.696. The standard InChI is InChI=1S/C25H27FN6O2/c26-21-7-1-2-8-22(21)31-11-13-32(14-12-31)23(20-6-4-10-28-17-20)18-30-25(34)24(33)29-16-19-5-3-9-27-15-19/h1-10,15,17,23H,11-14,16,18H2,(H,29,33)(H,30,34)/t23-/m0/s1. The van der Waals surface area contributed by atoms with Crippen LogP contribution in [0.1, 0.15) is 17.2 Å². The molecule has 1 saturated heterocycles. The summed E-state index contributed by atoms with van der Waals surface area (Å²) in [5.74, 6) is -1.62. The van der Waals surface area contributed by atoms with E-state index in [0.717, 1.165) is 11.1 Å². The number of nitrogens with one attached hydrogen (secondary N) is 2. The Morgan fingerprint density at radius 3 is 2.26 bits per heavy atom. The van der Waals surface area contributed by atoms with Gasteiger partial charge in [0.2, 0.25) is 0 Å². The van der Waals surface area contributed by atoms with E-state index < -0.39 is 11.8 Å². The number of hydrogen-bond donors (Lipinski definition) is 2. The maximum Gasteiger partial charge on any atom is 0.309 e. The minimum absolute atomic E-state index is 0.161. The summed E-state index contributed by atoms with van der Waals surface area (Å²) in [5, 5.41) is 5.37. The Hall–Kier alpha value is -3.85. The van der Waals surface area contributed by atoms with Gasteiger partial charge in [0, 0.05) is 64.1 Å². The van der Waals surface area contributed by atoms with E-state index >= 15 is 0 Å². The van der Waals surface area contributed by atoms with Crippen LogP contribution in [-0.2, 0) is 16.1 Å². The second kappa shape index (κ2) is 11.3. The van der Waals surface area contributed by atoms with Crippen LogP contribution < -0.4 is 15.5 Å². The van der Waals surface area contributed by atoms with E-state index in [0.29, 0.717) is 31.9 Å². The van der Waals surface area contributed by atoms with Crippen LogP contribution >= 0.6 is 0 Å². The number of nitrogens with zero attached hydrogens (tertiary/aromatic N) is 4. The highest BCUT2D eigenvalue weighted by molar-refractivity contribution is 6.35. The molecule has 3 heterocycles. The summed E-state index contributed by atoms with van der Waals surface area (Å²) < 4.78 is 14.2. The third-order valence-corrected chi connectivity index (χ3v) is 5.86. The SMILES string of the molecule is O=C(NCc1cccnc1)C(=O)NC[C@@H](c1cccnc1)N1CCN(c2ccccc2F)CC1. The fraction of sp³-hybridized carbons (Fsp3) is 0.280. The summed E-state index contributed by atoms with van der Waals surface area (Å²) in [6.45, 7) is 3.14. The fourth-order valence-electron chi connectivity index (χ4n) is 4.05. The fourth-order valence-corrected chi connectivity index (χ4v) is 4.05. The summed E-state index contributed by atoms with van der Waals surface area (Å²) in [4.78, 5) is 37.2. The summed E-state index contributed by atoms with van der Waals surface area (Å²) in [6, 6.07) is 14.0. The number of piperazine rings is 1. The van der Waals surface area contributed by atoms with Gasteiger partial charge in [0.05, 0.1) is 11.7 Å². The number of para-hydroxylation sites is 1. The quantitative estimate of drug-likeness (QED) is 0.522. The van der Waals surface area contributed by atoms with Gasteiger partial charge in [0.1, 0.15) is 5.82 Å². The number of aromatic nitrogens is 2. The Morgan fingerprint density at radius 1 is 0.882 bits per heavy atom. The number of halogens is 1. The molecule has 176 valence electrons. The molecule has 1 atom stereocenters. The largest absolute Gasteiger partial charge is 0.367 e. The van der Waals surface area contributed by atoms with E-state index in [1.165, 1.54) is 6.07 Å². The highest BCUT2D eigenvalue weighted by atomic mass is 19.1. The summed E-state index contributed by atoms with van der Waals surface area (Å²) >= 11 is 0. The van der Waals surface area contributed by atoms with E-state index in [1.807, 2.05) is 29.2 Å². The van der Waals surface area contributed by atoms with Crippen LogP contribution in [0.3, 0.4) is 0 Å². The van der Waals surface area contributed by atoms with Gasteiger partial charge in [-0.25, -0.2) is 4.39 Å².